The van der Waals surface area contributed by atoms with E-state index in [-0.39, 0.29) is 12.5 Å². The number of benzene rings is 2. The molecular weight excluding hydrogens is 356 g/mol. The minimum atomic E-state index is -0.597. The fourth-order valence-corrected chi connectivity index (χ4v) is 3.66. The molecule has 0 spiro atoms. The summed E-state index contributed by atoms with van der Waals surface area (Å²) in [5, 5.41) is 2.69. The van der Waals surface area contributed by atoms with Crippen molar-refractivity contribution in [1.29, 1.82) is 0 Å². The number of carbonyl (C=O) groups excluding carboxylic acids is 2. The molecule has 0 aromatic heterocycles. The lowest BCUT2D eigenvalue weighted by molar-refractivity contribution is -0.137. The molecule has 148 valence electrons. The number of hydrogen-bond acceptors (Lipinski definition) is 4. The molecule has 0 bridgehead atoms. The molecule has 0 radical (unpaired) electrons. The van der Waals surface area contributed by atoms with Gasteiger partial charge in [-0.2, -0.15) is 0 Å². The molecule has 2 aromatic carbocycles. The van der Waals surface area contributed by atoms with Crippen LogP contribution >= 0.6 is 0 Å². The Morgan fingerprint density at radius 3 is 2.46 bits per heavy atom. The summed E-state index contributed by atoms with van der Waals surface area (Å²) in [6.07, 6.45) is 1.81. The monoisotopic (exact) mass is 382 g/mol. The van der Waals surface area contributed by atoms with Crippen LogP contribution in [0.15, 0.2) is 48.5 Å². The average Bonchev–Trinajstić information content (AvgIpc) is 2.73. The number of carbonyl (C=O) groups is 2. The van der Waals surface area contributed by atoms with E-state index in [9.17, 15) is 9.59 Å². The first kappa shape index (κ1) is 19.9. The Balaban J connectivity index is 1.84. The van der Waals surface area contributed by atoms with Crippen molar-refractivity contribution >= 4 is 11.8 Å². The fourth-order valence-electron chi connectivity index (χ4n) is 3.66. The number of methoxy groups -OCH3 is 1. The van der Waals surface area contributed by atoms with Gasteiger partial charge >= 0.3 is 0 Å². The summed E-state index contributed by atoms with van der Waals surface area (Å²) in [7, 11) is 1.65. The predicted molar refractivity (Wildman–Crippen MR) is 107 cm³/mol. The van der Waals surface area contributed by atoms with Crippen LogP contribution in [0.4, 0.5) is 0 Å². The first-order chi connectivity index (χ1) is 13.5. The Morgan fingerprint density at radius 1 is 1.11 bits per heavy atom. The molecule has 0 unspecified atom stereocenters. The maximum atomic E-state index is 12.9. The van der Waals surface area contributed by atoms with Crippen LogP contribution in [0.5, 0.6) is 5.75 Å². The lowest BCUT2D eigenvalue weighted by atomic mass is 9.74. The second-order valence-electron chi connectivity index (χ2n) is 7.15. The van der Waals surface area contributed by atoms with Crippen molar-refractivity contribution in [3.8, 4) is 16.9 Å². The van der Waals surface area contributed by atoms with Crippen molar-refractivity contribution in [3.05, 3.63) is 54.1 Å². The molecule has 6 nitrogen and oxygen atoms in total. The number of rotatable bonds is 7. The topological polar surface area (TPSA) is 90.6 Å². The van der Waals surface area contributed by atoms with E-state index in [1.54, 1.807) is 7.11 Å². The molecule has 1 fully saturated rings. The molecule has 3 rings (SSSR count). The maximum Gasteiger partial charge on any atom is 0.236 e. The third kappa shape index (κ3) is 4.70. The molecule has 0 aliphatic carbocycles. The van der Waals surface area contributed by atoms with Gasteiger partial charge in [0, 0.05) is 13.2 Å². The van der Waals surface area contributed by atoms with Crippen molar-refractivity contribution < 1.29 is 19.1 Å². The molecule has 1 aliphatic rings. The van der Waals surface area contributed by atoms with Crippen LogP contribution in [0, 0.1) is 5.41 Å². The van der Waals surface area contributed by atoms with Crippen LogP contribution in [0.3, 0.4) is 0 Å². The SMILES string of the molecule is COc1cccc(-c2cccc(CC3(C(=O)NCC(N)=O)CCOCC3)c2)c1. The molecule has 2 amide bonds. The Kier molecular flexibility index (Phi) is 6.31. The van der Waals surface area contributed by atoms with Crippen LogP contribution < -0.4 is 15.8 Å². The van der Waals surface area contributed by atoms with E-state index in [0.717, 1.165) is 22.4 Å². The summed E-state index contributed by atoms with van der Waals surface area (Å²) < 4.78 is 10.8. The molecule has 1 saturated heterocycles. The molecule has 2 aromatic rings. The van der Waals surface area contributed by atoms with Gasteiger partial charge in [0.05, 0.1) is 19.1 Å². The highest BCUT2D eigenvalue weighted by molar-refractivity contribution is 5.87. The van der Waals surface area contributed by atoms with Gasteiger partial charge in [-0.15, -0.1) is 0 Å². The number of amides is 2. The van der Waals surface area contributed by atoms with E-state index in [2.05, 4.69) is 11.4 Å². The Labute approximate surface area is 165 Å². The third-order valence-electron chi connectivity index (χ3n) is 5.23. The minimum Gasteiger partial charge on any atom is -0.497 e. The van der Waals surface area contributed by atoms with Crippen molar-refractivity contribution in [2.24, 2.45) is 11.1 Å². The van der Waals surface area contributed by atoms with Gasteiger partial charge in [-0.05, 0) is 48.1 Å². The summed E-state index contributed by atoms with van der Waals surface area (Å²) in [4.78, 5) is 24.0. The highest BCUT2D eigenvalue weighted by Gasteiger charge is 2.40. The molecule has 1 aliphatic heterocycles. The van der Waals surface area contributed by atoms with Gasteiger partial charge < -0.3 is 20.5 Å². The van der Waals surface area contributed by atoms with E-state index in [4.69, 9.17) is 15.2 Å². The summed E-state index contributed by atoms with van der Waals surface area (Å²) in [6.45, 7) is 0.907. The molecule has 6 heteroatoms. The van der Waals surface area contributed by atoms with E-state index in [1.807, 2.05) is 42.5 Å². The number of nitrogens with one attached hydrogen (secondary N) is 1. The second-order valence-corrected chi connectivity index (χ2v) is 7.15. The number of ether oxygens (including phenoxy) is 2. The normalized spacial score (nSPS) is 15.6. The first-order valence-corrected chi connectivity index (χ1v) is 9.40. The standard InChI is InChI=1S/C22H26N2O4/c1-27-19-7-3-6-18(13-19)17-5-2-4-16(12-17)14-22(8-10-28-11-9-22)21(26)24-15-20(23)25/h2-7,12-13H,8-11,14-15H2,1H3,(H2,23,25)(H,24,26). The molecule has 0 atom stereocenters. The zero-order valence-electron chi connectivity index (χ0n) is 16.1. The van der Waals surface area contributed by atoms with Crippen molar-refractivity contribution in [3.63, 3.8) is 0 Å². The number of primary amides is 1. The first-order valence-electron chi connectivity index (χ1n) is 9.40. The zero-order chi connectivity index (χ0) is 20.0. The van der Waals surface area contributed by atoms with Crippen LogP contribution in [-0.4, -0.2) is 38.7 Å². The van der Waals surface area contributed by atoms with Gasteiger partial charge in [-0.25, -0.2) is 0 Å². The van der Waals surface area contributed by atoms with Gasteiger partial charge in [-0.3, -0.25) is 9.59 Å². The average molecular weight is 382 g/mol. The molecule has 0 saturated carbocycles. The van der Waals surface area contributed by atoms with Crippen molar-refractivity contribution in [2.45, 2.75) is 19.3 Å². The predicted octanol–water partition coefficient (Wildman–Crippen LogP) is 2.30. The number of hydrogen-bond donors (Lipinski definition) is 2. The second kappa shape index (κ2) is 8.89. The van der Waals surface area contributed by atoms with Gasteiger partial charge in [-0.1, -0.05) is 36.4 Å². The molecule has 3 N–H and O–H groups in total. The summed E-state index contributed by atoms with van der Waals surface area (Å²) in [5.74, 6) is 0.117. The molecular formula is C22H26N2O4. The van der Waals surface area contributed by atoms with Crippen LogP contribution in [0.2, 0.25) is 0 Å². The van der Waals surface area contributed by atoms with Crippen molar-refractivity contribution in [1.82, 2.24) is 5.32 Å². The smallest absolute Gasteiger partial charge is 0.236 e. The van der Waals surface area contributed by atoms with Gasteiger partial charge in [0.1, 0.15) is 5.75 Å². The quantitative estimate of drug-likeness (QED) is 0.769. The maximum absolute atomic E-state index is 12.9. The number of nitrogens with two attached hydrogens (primary N) is 1. The largest absolute Gasteiger partial charge is 0.497 e. The third-order valence-corrected chi connectivity index (χ3v) is 5.23. The summed E-state index contributed by atoms with van der Waals surface area (Å²) >= 11 is 0. The van der Waals surface area contributed by atoms with E-state index < -0.39 is 11.3 Å². The lowest BCUT2D eigenvalue weighted by Crippen LogP contribution is -2.48. The van der Waals surface area contributed by atoms with Gasteiger partial charge in [0.15, 0.2) is 0 Å². The van der Waals surface area contributed by atoms with Gasteiger partial charge in [0.25, 0.3) is 0 Å². The van der Waals surface area contributed by atoms with Crippen molar-refractivity contribution in [2.75, 3.05) is 26.9 Å². The highest BCUT2D eigenvalue weighted by atomic mass is 16.5. The van der Waals surface area contributed by atoms with Crippen LogP contribution in [-0.2, 0) is 20.7 Å². The van der Waals surface area contributed by atoms with E-state index in [0.29, 0.717) is 32.5 Å². The van der Waals surface area contributed by atoms with Crippen LogP contribution in [0.1, 0.15) is 18.4 Å². The Morgan fingerprint density at radius 2 is 1.79 bits per heavy atom. The minimum absolute atomic E-state index is 0.138. The van der Waals surface area contributed by atoms with Crippen LogP contribution in [0.25, 0.3) is 11.1 Å². The molecule has 28 heavy (non-hydrogen) atoms. The van der Waals surface area contributed by atoms with Gasteiger partial charge in [0.2, 0.25) is 11.8 Å². The highest BCUT2D eigenvalue weighted by Crippen LogP contribution is 2.36. The summed E-state index contributed by atoms with van der Waals surface area (Å²) in [6, 6.07) is 16.1. The zero-order valence-corrected chi connectivity index (χ0v) is 16.1. The Bertz CT molecular complexity index is 844. The molecule has 1 heterocycles. The Hall–Kier alpha value is -2.86. The fraction of sp³-hybridized carbons (Fsp3) is 0.364. The lowest BCUT2D eigenvalue weighted by Gasteiger charge is -2.36. The van der Waals surface area contributed by atoms with E-state index in [1.165, 1.54) is 0 Å². The summed E-state index contributed by atoms with van der Waals surface area (Å²) in [5.41, 5.74) is 7.78. The van der Waals surface area contributed by atoms with E-state index >= 15 is 0 Å².